The maximum atomic E-state index is 13.1. The topological polar surface area (TPSA) is 74.9 Å². The number of nitrogens with zero attached hydrogens (tertiary/aromatic N) is 2. The molecule has 7 nitrogen and oxygen atoms in total. The number of aromatic amines is 1. The molecule has 0 spiro atoms. The van der Waals surface area contributed by atoms with Crippen molar-refractivity contribution >= 4 is 22.7 Å². The van der Waals surface area contributed by atoms with Gasteiger partial charge in [0.25, 0.3) is 11.8 Å². The molecule has 0 aliphatic carbocycles. The van der Waals surface area contributed by atoms with Gasteiger partial charge in [0.2, 0.25) is 0 Å². The van der Waals surface area contributed by atoms with Crippen molar-refractivity contribution in [2.24, 2.45) is 0 Å². The van der Waals surface area contributed by atoms with Crippen molar-refractivity contribution in [3.63, 3.8) is 0 Å². The molecule has 2 heterocycles. The number of nitrogens with one attached hydrogen (secondary N) is 1. The highest BCUT2D eigenvalue weighted by molar-refractivity contribution is 6.00. The smallest absolute Gasteiger partial charge is 0.270 e. The first-order chi connectivity index (χ1) is 14.1. The Morgan fingerprint density at radius 1 is 0.828 bits per heavy atom. The maximum absolute atomic E-state index is 13.1. The van der Waals surface area contributed by atoms with Crippen molar-refractivity contribution in [1.82, 2.24) is 14.8 Å². The minimum atomic E-state index is -0.156. The van der Waals surface area contributed by atoms with E-state index in [9.17, 15) is 9.59 Å². The molecule has 1 N–H and O–H groups in total. The van der Waals surface area contributed by atoms with Gasteiger partial charge in [0, 0.05) is 37.1 Å². The fourth-order valence-electron chi connectivity index (χ4n) is 3.69. The van der Waals surface area contributed by atoms with Gasteiger partial charge in [0.1, 0.15) is 22.8 Å². The number of ether oxygens (including phenoxy) is 2. The normalized spacial score (nSPS) is 14.1. The molecule has 3 aromatic rings. The van der Waals surface area contributed by atoms with Crippen molar-refractivity contribution in [3.8, 4) is 11.5 Å². The molecule has 0 radical (unpaired) electrons. The number of fused-ring (bicyclic) bond motifs is 1. The molecule has 2 aromatic carbocycles. The van der Waals surface area contributed by atoms with Crippen LogP contribution in [0.15, 0.2) is 48.5 Å². The zero-order chi connectivity index (χ0) is 20.4. The largest absolute Gasteiger partial charge is 0.496 e. The van der Waals surface area contributed by atoms with E-state index in [1.165, 1.54) is 14.2 Å². The molecular formula is C22H23N3O4. The molecular weight excluding hydrogens is 370 g/mol. The fraction of sp³-hybridized carbons (Fsp3) is 0.273. The molecule has 7 heteroatoms. The lowest BCUT2D eigenvalue weighted by atomic mass is 10.1. The number of carbonyl (C=O) groups is 2. The quantitative estimate of drug-likeness (QED) is 0.740. The summed E-state index contributed by atoms with van der Waals surface area (Å²) in [5.41, 5.74) is 1.91. The summed E-state index contributed by atoms with van der Waals surface area (Å²) in [6, 6.07) is 14.9. The monoisotopic (exact) mass is 393 g/mol. The van der Waals surface area contributed by atoms with E-state index in [0.29, 0.717) is 48.9 Å². The van der Waals surface area contributed by atoms with Crippen LogP contribution in [0.4, 0.5) is 0 Å². The van der Waals surface area contributed by atoms with Crippen LogP contribution in [0.1, 0.15) is 20.8 Å². The molecule has 2 amide bonds. The third kappa shape index (κ3) is 3.51. The minimum absolute atomic E-state index is 0.0526. The van der Waals surface area contributed by atoms with Crippen LogP contribution in [0.2, 0.25) is 0 Å². The van der Waals surface area contributed by atoms with E-state index in [2.05, 4.69) is 4.98 Å². The lowest BCUT2D eigenvalue weighted by molar-refractivity contribution is 0.0529. The second-order valence-corrected chi connectivity index (χ2v) is 6.89. The van der Waals surface area contributed by atoms with Crippen LogP contribution in [0.3, 0.4) is 0 Å². The first kappa shape index (κ1) is 18.9. The number of methoxy groups -OCH3 is 2. The van der Waals surface area contributed by atoms with E-state index in [-0.39, 0.29) is 11.8 Å². The molecule has 150 valence electrons. The summed E-state index contributed by atoms with van der Waals surface area (Å²) in [6.45, 7) is 1.84. The summed E-state index contributed by atoms with van der Waals surface area (Å²) in [6.07, 6.45) is 0. The second-order valence-electron chi connectivity index (χ2n) is 6.89. The molecule has 29 heavy (non-hydrogen) atoms. The Morgan fingerprint density at radius 2 is 1.41 bits per heavy atom. The first-order valence-electron chi connectivity index (χ1n) is 9.49. The van der Waals surface area contributed by atoms with Crippen LogP contribution in [0, 0.1) is 0 Å². The van der Waals surface area contributed by atoms with Crippen molar-refractivity contribution in [2.45, 2.75) is 0 Å². The van der Waals surface area contributed by atoms with E-state index in [1.807, 2.05) is 30.3 Å². The number of hydrogen-bond acceptors (Lipinski definition) is 4. The number of amides is 2. The maximum Gasteiger partial charge on any atom is 0.270 e. The van der Waals surface area contributed by atoms with Crippen LogP contribution in [-0.2, 0) is 0 Å². The van der Waals surface area contributed by atoms with E-state index in [1.54, 1.807) is 28.0 Å². The van der Waals surface area contributed by atoms with Gasteiger partial charge in [-0.3, -0.25) is 9.59 Å². The molecule has 1 aromatic heterocycles. The highest BCUT2D eigenvalue weighted by Gasteiger charge is 2.29. The number of rotatable bonds is 4. The lowest BCUT2D eigenvalue weighted by Gasteiger charge is -2.35. The van der Waals surface area contributed by atoms with E-state index in [4.69, 9.17) is 9.47 Å². The van der Waals surface area contributed by atoms with Crippen LogP contribution in [0.25, 0.3) is 10.9 Å². The van der Waals surface area contributed by atoms with Gasteiger partial charge in [-0.25, -0.2) is 0 Å². The van der Waals surface area contributed by atoms with Gasteiger partial charge in [-0.15, -0.1) is 0 Å². The Balaban J connectivity index is 1.47. The van der Waals surface area contributed by atoms with Crippen molar-refractivity contribution in [2.75, 3.05) is 40.4 Å². The molecule has 1 aliphatic heterocycles. The summed E-state index contributed by atoms with van der Waals surface area (Å²) >= 11 is 0. The SMILES string of the molecule is COc1cccc(OC)c1C(=O)N1CCN(C(=O)c2cc3ccccc3[nH]2)CC1. The van der Waals surface area contributed by atoms with E-state index >= 15 is 0 Å². The third-order valence-electron chi connectivity index (χ3n) is 5.26. The van der Waals surface area contributed by atoms with Crippen LogP contribution in [-0.4, -0.2) is 67.0 Å². The molecule has 0 atom stereocenters. The summed E-state index contributed by atoms with van der Waals surface area (Å²) in [4.78, 5) is 32.6. The molecule has 4 rings (SSSR count). The first-order valence-corrected chi connectivity index (χ1v) is 9.49. The molecule has 1 fully saturated rings. The van der Waals surface area contributed by atoms with Gasteiger partial charge in [0.05, 0.1) is 14.2 Å². The standard InChI is InChI=1S/C22H23N3O4/c1-28-18-8-5-9-19(29-2)20(18)22(27)25-12-10-24(11-13-25)21(26)17-14-15-6-3-4-7-16(15)23-17/h3-9,14,23H,10-13H2,1-2H3. The number of para-hydroxylation sites is 1. The number of piperazine rings is 1. The number of aromatic nitrogens is 1. The van der Waals surface area contributed by atoms with Crippen LogP contribution < -0.4 is 9.47 Å². The lowest BCUT2D eigenvalue weighted by Crippen LogP contribution is -2.50. The highest BCUT2D eigenvalue weighted by Crippen LogP contribution is 2.30. The molecule has 0 bridgehead atoms. The Bertz CT molecular complexity index is 996. The van der Waals surface area contributed by atoms with Gasteiger partial charge in [0.15, 0.2) is 0 Å². The Kier molecular flexibility index (Phi) is 5.12. The fourth-order valence-corrected chi connectivity index (χ4v) is 3.69. The Morgan fingerprint density at radius 3 is 2.00 bits per heavy atom. The van der Waals surface area contributed by atoms with Crippen molar-refractivity contribution in [1.29, 1.82) is 0 Å². The average molecular weight is 393 g/mol. The van der Waals surface area contributed by atoms with Crippen LogP contribution >= 0.6 is 0 Å². The summed E-state index contributed by atoms with van der Waals surface area (Å²) in [7, 11) is 3.06. The predicted molar refractivity (Wildman–Crippen MR) is 110 cm³/mol. The minimum Gasteiger partial charge on any atom is -0.496 e. The number of carbonyl (C=O) groups excluding carboxylic acids is 2. The average Bonchev–Trinajstić information content (AvgIpc) is 3.22. The predicted octanol–water partition coefficient (Wildman–Crippen LogP) is 2.78. The van der Waals surface area contributed by atoms with Gasteiger partial charge < -0.3 is 24.3 Å². The Hall–Kier alpha value is -3.48. The zero-order valence-corrected chi connectivity index (χ0v) is 16.5. The number of H-pyrrole nitrogens is 1. The summed E-state index contributed by atoms with van der Waals surface area (Å²) in [5, 5.41) is 1.01. The van der Waals surface area contributed by atoms with Crippen molar-refractivity contribution in [3.05, 3.63) is 59.8 Å². The number of benzene rings is 2. The summed E-state index contributed by atoms with van der Waals surface area (Å²) < 4.78 is 10.7. The highest BCUT2D eigenvalue weighted by atomic mass is 16.5. The van der Waals surface area contributed by atoms with Crippen LogP contribution in [0.5, 0.6) is 11.5 Å². The van der Waals surface area contributed by atoms with Gasteiger partial charge in [-0.2, -0.15) is 0 Å². The molecule has 1 saturated heterocycles. The van der Waals surface area contributed by atoms with Gasteiger partial charge in [-0.05, 0) is 24.3 Å². The molecule has 0 saturated carbocycles. The number of hydrogen-bond donors (Lipinski definition) is 1. The van der Waals surface area contributed by atoms with Gasteiger partial charge >= 0.3 is 0 Å². The molecule has 1 aliphatic rings. The summed E-state index contributed by atoms with van der Waals surface area (Å²) in [5.74, 6) is 0.747. The Labute approximate surface area is 168 Å². The van der Waals surface area contributed by atoms with E-state index in [0.717, 1.165) is 10.9 Å². The van der Waals surface area contributed by atoms with Crippen molar-refractivity contribution < 1.29 is 19.1 Å². The molecule has 0 unspecified atom stereocenters. The third-order valence-corrected chi connectivity index (χ3v) is 5.26. The van der Waals surface area contributed by atoms with Gasteiger partial charge in [-0.1, -0.05) is 24.3 Å². The zero-order valence-electron chi connectivity index (χ0n) is 16.5. The van der Waals surface area contributed by atoms with E-state index < -0.39 is 0 Å². The second kappa shape index (κ2) is 7.87.